The van der Waals surface area contributed by atoms with Crippen LogP contribution in [0.3, 0.4) is 0 Å². The van der Waals surface area contributed by atoms with Gasteiger partial charge < -0.3 is 10.1 Å². The summed E-state index contributed by atoms with van der Waals surface area (Å²) in [5, 5.41) is 3.66. The molecule has 2 amide bonds. The number of nitrogens with one attached hydrogen (secondary N) is 2. The van der Waals surface area contributed by atoms with Gasteiger partial charge >= 0.3 is 0 Å². The van der Waals surface area contributed by atoms with Gasteiger partial charge in [-0.3, -0.25) is 14.4 Å². The number of ketones is 1. The molecular weight excluding hydrogens is 642 g/mol. The molecule has 3 aromatic carbocycles. The topological polar surface area (TPSA) is 119 Å². The van der Waals surface area contributed by atoms with E-state index in [0.717, 1.165) is 6.26 Å². The van der Waals surface area contributed by atoms with Gasteiger partial charge in [-0.1, -0.05) is 42.3 Å². The second-order valence-electron chi connectivity index (χ2n) is 12.2. The van der Waals surface area contributed by atoms with Crippen LogP contribution in [0.5, 0.6) is 5.75 Å². The maximum absolute atomic E-state index is 14.9. The Labute approximate surface area is 271 Å². The van der Waals surface area contributed by atoms with Gasteiger partial charge in [0.1, 0.15) is 17.3 Å². The number of carbonyl (C=O) groups is 3. The molecule has 4 unspecified atom stereocenters. The third kappa shape index (κ3) is 5.84. The van der Waals surface area contributed by atoms with Crippen LogP contribution < -0.4 is 14.8 Å². The Hall–Kier alpha value is -3.47. The zero-order valence-corrected chi connectivity index (χ0v) is 27.7. The smallest absolute Gasteiger partial charge is 0.277 e. The minimum atomic E-state index is -3.90. The number of ether oxygens (including phenoxy) is 1. The number of amides is 2. The van der Waals surface area contributed by atoms with E-state index in [4.69, 9.17) is 27.9 Å². The number of sulfonamides is 1. The van der Waals surface area contributed by atoms with Gasteiger partial charge in [-0.2, -0.15) is 0 Å². The van der Waals surface area contributed by atoms with Crippen LogP contribution >= 0.6 is 23.2 Å². The minimum Gasteiger partial charge on any atom is -0.478 e. The van der Waals surface area contributed by atoms with Crippen LogP contribution in [-0.4, -0.2) is 37.9 Å². The highest BCUT2D eigenvalue weighted by Gasteiger charge is 2.64. The molecule has 1 fully saturated rings. The summed E-state index contributed by atoms with van der Waals surface area (Å²) in [7, 11) is -3.90. The van der Waals surface area contributed by atoms with Crippen molar-refractivity contribution in [2.75, 3.05) is 11.6 Å². The van der Waals surface area contributed by atoms with E-state index < -0.39 is 56.4 Å². The normalized spacial score (nSPS) is 23.1. The summed E-state index contributed by atoms with van der Waals surface area (Å²) >= 11 is 12.9. The Morgan fingerprint density at radius 3 is 2.40 bits per heavy atom. The molecule has 1 saturated carbocycles. The zero-order valence-electron chi connectivity index (χ0n) is 25.3. The Kier molecular flexibility index (Phi) is 8.57. The van der Waals surface area contributed by atoms with Crippen molar-refractivity contribution in [1.82, 2.24) is 4.72 Å². The highest BCUT2D eigenvalue weighted by molar-refractivity contribution is 7.89. The fourth-order valence-electron chi connectivity index (χ4n) is 6.94. The Morgan fingerprint density at radius 2 is 1.73 bits per heavy atom. The van der Waals surface area contributed by atoms with Crippen molar-refractivity contribution in [3.05, 3.63) is 92.7 Å². The van der Waals surface area contributed by atoms with E-state index in [1.54, 1.807) is 30.3 Å². The Morgan fingerprint density at radius 1 is 1.07 bits per heavy atom. The molecule has 12 heteroatoms. The summed E-state index contributed by atoms with van der Waals surface area (Å²) in [6, 6.07) is 14.1. The molecule has 1 heterocycles. The summed E-state index contributed by atoms with van der Waals surface area (Å²) < 4.78 is 46.8. The molecule has 0 saturated heterocycles. The lowest BCUT2D eigenvalue weighted by Crippen LogP contribution is -2.54. The summed E-state index contributed by atoms with van der Waals surface area (Å²) in [5.74, 6) is -4.17. The first-order valence-electron chi connectivity index (χ1n) is 14.4. The predicted octanol–water partition coefficient (Wildman–Crippen LogP) is 6.43. The number of anilines is 1. The van der Waals surface area contributed by atoms with Crippen LogP contribution in [0.4, 0.5) is 10.1 Å². The van der Waals surface area contributed by atoms with Crippen molar-refractivity contribution in [3.63, 3.8) is 0 Å². The van der Waals surface area contributed by atoms with Gasteiger partial charge in [-0.05, 0) is 86.3 Å². The van der Waals surface area contributed by atoms with E-state index in [-0.39, 0.29) is 23.0 Å². The number of fused-ring (bicyclic) bond motifs is 2. The number of aryl methyl sites for hydroxylation is 1. The van der Waals surface area contributed by atoms with E-state index in [1.807, 2.05) is 18.6 Å². The molecule has 45 heavy (non-hydrogen) atoms. The Balaban J connectivity index is 1.81. The first kappa shape index (κ1) is 32.9. The number of Topliss-reactive ketones (excluding diaryl/α,β-unsaturated/α-hetero) is 1. The summed E-state index contributed by atoms with van der Waals surface area (Å²) in [6.45, 7) is 6.49. The largest absolute Gasteiger partial charge is 0.478 e. The molecule has 2 N–H and O–H groups in total. The van der Waals surface area contributed by atoms with Gasteiger partial charge in [0.25, 0.3) is 5.91 Å². The third-order valence-corrected chi connectivity index (χ3v) is 9.89. The van der Waals surface area contributed by atoms with Gasteiger partial charge in [-0.25, -0.2) is 17.5 Å². The lowest BCUT2D eigenvalue weighted by atomic mass is 9.50. The van der Waals surface area contributed by atoms with E-state index in [2.05, 4.69) is 5.32 Å². The lowest BCUT2D eigenvalue weighted by Gasteiger charge is -2.50. The minimum absolute atomic E-state index is 0.0917. The number of rotatable bonds is 7. The molecular formula is C33H33Cl2FN2O6S. The van der Waals surface area contributed by atoms with Crippen molar-refractivity contribution >= 4 is 56.5 Å². The van der Waals surface area contributed by atoms with Crippen molar-refractivity contribution in [2.45, 2.75) is 63.4 Å². The van der Waals surface area contributed by atoms with Gasteiger partial charge in [0, 0.05) is 45.5 Å². The van der Waals surface area contributed by atoms with E-state index in [1.165, 1.54) is 38.1 Å². The fourth-order valence-corrected chi connectivity index (χ4v) is 7.88. The van der Waals surface area contributed by atoms with Gasteiger partial charge in [0.05, 0.1) is 11.7 Å². The van der Waals surface area contributed by atoms with Crippen LogP contribution in [-0.2, 0) is 29.8 Å². The summed E-state index contributed by atoms with van der Waals surface area (Å²) in [4.78, 5) is 41.7. The first-order valence-corrected chi connectivity index (χ1v) is 17.0. The molecule has 0 aromatic heterocycles. The standard InChI is InChI=1S/C33H33Cl2FN2O6S/c1-6-21-27(39)16-25(23-13-18(34)9-12-28(23)44-32(3,4)30(40)38-45(5,42)43)33(29(21)22-15-20(36)10-7-17(22)2)24-11-8-19(35)14-26(24)37-31(33)41/h7-15,21,25,29H,6,16H2,1-5H3,(H,37,41)(H,38,40). The average Bonchev–Trinajstić information content (AvgIpc) is 3.21. The second kappa shape index (κ2) is 11.7. The molecule has 1 aliphatic heterocycles. The van der Waals surface area contributed by atoms with Crippen molar-refractivity contribution in [1.29, 1.82) is 0 Å². The highest BCUT2D eigenvalue weighted by atomic mass is 35.5. The quantitative estimate of drug-likeness (QED) is 0.298. The number of carbonyl (C=O) groups excluding carboxylic acids is 3. The lowest BCUT2D eigenvalue weighted by molar-refractivity contribution is -0.134. The van der Waals surface area contributed by atoms with Crippen LogP contribution in [0.15, 0.2) is 54.6 Å². The molecule has 0 radical (unpaired) electrons. The molecule has 238 valence electrons. The van der Waals surface area contributed by atoms with Gasteiger partial charge in [-0.15, -0.1) is 0 Å². The Bertz CT molecular complexity index is 1850. The maximum Gasteiger partial charge on any atom is 0.277 e. The summed E-state index contributed by atoms with van der Waals surface area (Å²) in [5.41, 5.74) is -0.512. The van der Waals surface area contributed by atoms with Crippen LogP contribution in [0, 0.1) is 18.7 Å². The zero-order chi connectivity index (χ0) is 33.1. The molecule has 1 spiro atoms. The number of hydrogen-bond acceptors (Lipinski definition) is 6. The molecule has 4 atom stereocenters. The van der Waals surface area contributed by atoms with Gasteiger partial charge in [0.15, 0.2) is 5.60 Å². The van der Waals surface area contributed by atoms with Crippen molar-refractivity contribution in [3.8, 4) is 5.75 Å². The second-order valence-corrected chi connectivity index (χ2v) is 14.8. The number of halogens is 3. The van der Waals surface area contributed by atoms with E-state index in [0.29, 0.717) is 39.4 Å². The van der Waals surface area contributed by atoms with Crippen LogP contribution in [0.25, 0.3) is 0 Å². The van der Waals surface area contributed by atoms with E-state index in [9.17, 15) is 27.2 Å². The predicted molar refractivity (Wildman–Crippen MR) is 171 cm³/mol. The van der Waals surface area contributed by atoms with Crippen molar-refractivity contribution in [2.24, 2.45) is 5.92 Å². The van der Waals surface area contributed by atoms with Crippen molar-refractivity contribution < 1.29 is 31.9 Å². The molecule has 5 rings (SSSR count). The first-order chi connectivity index (χ1) is 21.0. The molecule has 3 aromatic rings. The van der Waals surface area contributed by atoms with E-state index >= 15 is 0 Å². The molecule has 0 bridgehead atoms. The average molecular weight is 676 g/mol. The number of hydrogen-bond donors (Lipinski definition) is 2. The van der Waals surface area contributed by atoms with Crippen LogP contribution in [0.1, 0.15) is 67.7 Å². The van der Waals surface area contributed by atoms with Gasteiger partial charge in [0.2, 0.25) is 15.9 Å². The molecule has 8 nitrogen and oxygen atoms in total. The SMILES string of the molecule is CCC1C(=O)CC(c2cc(Cl)ccc2OC(C)(C)C(=O)NS(C)(=O)=O)C2(C(=O)Nc3cc(Cl)ccc32)C1c1cc(F)ccc1C. The third-order valence-electron chi connectivity index (χ3n) is 8.87. The summed E-state index contributed by atoms with van der Waals surface area (Å²) in [6.07, 6.45) is 1.15. The molecule has 2 aliphatic rings. The monoisotopic (exact) mass is 674 g/mol. The van der Waals surface area contributed by atoms with Crippen LogP contribution in [0.2, 0.25) is 10.0 Å². The number of benzene rings is 3. The molecule has 1 aliphatic carbocycles. The fraction of sp³-hybridized carbons (Fsp3) is 0.364. The highest BCUT2D eigenvalue weighted by Crippen LogP contribution is 2.63. The maximum atomic E-state index is 14.9.